The van der Waals surface area contributed by atoms with Crippen molar-refractivity contribution in [2.75, 3.05) is 13.2 Å². The van der Waals surface area contributed by atoms with Crippen molar-refractivity contribution in [3.05, 3.63) is 80.6 Å². The molecule has 0 saturated carbocycles. The Balaban J connectivity index is 1.88. The van der Waals surface area contributed by atoms with Crippen molar-refractivity contribution in [2.45, 2.75) is 19.6 Å². The van der Waals surface area contributed by atoms with Crippen LogP contribution in [-0.4, -0.2) is 32.0 Å². The van der Waals surface area contributed by atoms with E-state index < -0.39 is 11.8 Å². The number of aromatic hydroxyl groups is 1. The Bertz CT molecular complexity index is 1480. The second kappa shape index (κ2) is 7.97. The van der Waals surface area contributed by atoms with Crippen LogP contribution in [0.15, 0.2) is 58.1 Å². The molecule has 0 amide bonds. The van der Waals surface area contributed by atoms with Crippen LogP contribution in [-0.2, 0) is 25.4 Å². The molecule has 5 rings (SSSR count). The summed E-state index contributed by atoms with van der Waals surface area (Å²) in [7, 11) is 3.17. The van der Waals surface area contributed by atoms with Crippen LogP contribution in [0.2, 0.25) is 0 Å². The summed E-state index contributed by atoms with van der Waals surface area (Å²) in [5.74, 6) is 0.405. The summed E-state index contributed by atoms with van der Waals surface area (Å²) in [6.07, 6.45) is -0.545. The van der Waals surface area contributed by atoms with Gasteiger partial charge < -0.3 is 19.1 Å². The molecule has 1 atom stereocenters. The maximum atomic E-state index is 13.4. The topological polar surface area (TPSA) is 87.6 Å². The minimum atomic E-state index is -0.545. The molecule has 0 bridgehead atoms. The van der Waals surface area contributed by atoms with Gasteiger partial charge in [-0.2, -0.15) is 0 Å². The molecule has 0 radical (unpaired) electrons. The van der Waals surface area contributed by atoms with Gasteiger partial charge in [-0.25, -0.2) is 4.79 Å². The number of nitrogens with zero attached hydrogens (tertiary/aromatic N) is 3. The average molecular weight is 447 g/mol. The van der Waals surface area contributed by atoms with Crippen LogP contribution in [0.3, 0.4) is 0 Å². The SMILES string of the molecule is CCOc1cc(C2OCCn3c(-c4ccccc4)c4c(=O)n(C)c(=O)n(C)c4c32)ccc1O. The number of hydrogen-bond acceptors (Lipinski definition) is 5. The highest BCUT2D eigenvalue weighted by Crippen LogP contribution is 2.42. The first-order valence-corrected chi connectivity index (χ1v) is 10.9. The van der Waals surface area contributed by atoms with Gasteiger partial charge in [-0.3, -0.25) is 13.9 Å². The molecule has 3 heterocycles. The van der Waals surface area contributed by atoms with Crippen molar-refractivity contribution >= 4 is 10.9 Å². The molecule has 1 aliphatic heterocycles. The van der Waals surface area contributed by atoms with Gasteiger partial charge in [0.2, 0.25) is 0 Å². The second-order valence-corrected chi connectivity index (χ2v) is 8.09. The Hall–Kier alpha value is -3.78. The molecule has 8 nitrogen and oxygen atoms in total. The van der Waals surface area contributed by atoms with Gasteiger partial charge in [0.25, 0.3) is 5.56 Å². The predicted molar refractivity (Wildman–Crippen MR) is 125 cm³/mol. The van der Waals surface area contributed by atoms with E-state index >= 15 is 0 Å². The van der Waals surface area contributed by atoms with E-state index in [1.165, 1.54) is 11.6 Å². The van der Waals surface area contributed by atoms with Crippen LogP contribution in [0.4, 0.5) is 0 Å². The summed E-state index contributed by atoms with van der Waals surface area (Å²) in [4.78, 5) is 26.3. The first kappa shape index (κ1) is 21.1. The lowest BCUT2D eigenvalue weighted by molar-refractivity contribution is 0.0477. The fourth-order valence-corrected chi connectivity index (χ4v) is 4.69. The van der Waals surface area contributed by atoms with Crippen molar-refractivity contribution in [3.63, 3.8) is 0 Å². The maximum absolute atomic E-state index is 13.4. The molecular formula is C25H25N3O5. The van der Waals surface area contributed by atoms with E-state index in [1.807, 2.05) is 37.3 Å². The van der Waals surface area contributed by atoms with Crippen LogP contribution in [0.25, 0.3) is 22.2 Å². The van der Waals surface area contributed by atoms with Gasteiger partial charge in [0.05, 0.1) is 35.5 Å². The fourth-order valence-electron chi connectivity index (χ4n) is 4.69. The van der Waals surface area contributed by atoms with Crippen molar-refractivity contribution < 1.29 is 14.6 Å². The summed E-state index contributed by atoms with van der Waals surface area (Å²) in [5, 5.41) is 10.7. The van der Waals surface area contributed by atoms with Gasteiger partial charge >= 0.3 is 5.69 Å². The molecule has 170 valence electrons. The molecule has 1 N–H and O–H groups in total. The largest absolute Gasteiger partial charge is 0.504 e. The van der Waals surface area contributed by atoms with Gasteiger partial charge in [-0.15, -0.1) is 0 Å². The Morgan fingerprint density at radius 3 is 2.58 bits per heavy atom. The molecule has 4 aromatic rings. The van der Waals surface area contributed by atoms with Crippen LogP contribution in [0, 0.1) is 0 Å². The summed E-state index contributed by atoms with van der Waals surface area (Å²) in [5.41, 5.74) is 2.99. The number of ether oxygens (including phenoxy) is 2. The van der Waals surface area contributed by atoms with E-state index in [2.05, 4.69) is 4.57 Å². The lowest BCUT2D eigenvalue weighted by Crippen LogP contribution is -2.37. The van der Waals surface area contributed by atoms with E-state index in [4.69, 9.17) is 9.47 Å². The highest BCUT2D eigenvalue weighted by molar-refractivity contribution is 5.96. The van der Waals surface area contributed by atoms with Crippen LogP contribution in [0.1, 0.15) is 24.3 Å². The molecule has 8 heteroatoms. The molecule has 0 aliphatic carbocycles. The minimum absolute atomic E-state index is 0.0443. The molecule has 0 saturated heterocycles. The molecule has 33 heavy (non-hydrogen) atoms. The number of hydrogen-bond donors (Lipinski definition) is 1. The van der Waals surface area contributed by atoms with Gasteiger partial charge in [0.15, 0.2) is 11.5 Å². The number of rotatable bonds is 4. The van der Waals surface area contributed by atoms with Crippen molar-refractivity contribution in [2.24, 2.45) is 14.1 Å². The summed E-state index contributed by atoms with van der Waals surface area (Å²) in [6.45, 7) is 3.22. The number of aryl methyl sites for hydroxylation is 1. The lowest BCUT2D eigenvalue weighted by atomic mass is 10.0. The summed E-state index contributed by atoms with van der Waals surface area (Å²) < 4.78 is 16.5. The Morgan fingerprint density at radius 1 is 1.09 bits per heavy atom. The molecule has 2 aromatic heterocycles. The van der Waals surface area contributed by atoms with Crippen molar-refractivity contribution in [3.8, 4) is 22.8 Å². The molecule has 0 spiro atoms. The number of aromatic nitrogens is 3. The lowest BCUT2D eigenvalue weighted by Gasteiger charge is -2.28. The van der Waals surface area contributed by atoms with E-state index in [1.54, 1.807) is 25.2 Å². The zero-order valence-electron chi connectivity index (χ0n) is 18.7. The van der Waals surface area contributed by atoms with Crippen LogP contribution in [0.5, 0.6) is 11.5 Å². The first-order chi connectivity index (χ1) is 15.9. The Labute approximate surface area is 189 Å². The van der Waals surface area contributed by atoms with E-state index in [0.29, 0.717) is 36.4 Å². The van der Waals surface area contributed by atoms with Crippen LogP contribution >= 0.6 is 0 Å². The molecule has 2 aromatic carbocycles. The normalized spacial score (nSPS) is 15.5. The molecule has 0 fully saturated rings. The van der Waals surface area contributed by atoms with Crippen LogP contribution < -0.4 is 16.0 Å². The number of fused-ring (bicyclic) bond motifs is 3. The Kier molecular flexibility index (Phi) is 5.09. The predicted octanol–water partition coefficient (Wildman–Crippen LogP) is 2.93. The fraction of sp³-hybridized carbons (Fsp3) is 0.280. The quantitative estimate of drug-likeness (QED) is 0.520. The second-order valence-electron chi connectivity index (χ2n) is 8.09. The van der Waals surface area contributed by atoms with E-state index in [9.17, 15) is 14.7 Å². The minimum Gasteiger partial charge on any atom is -0.504 e. The molecule has 1 unspecified atom stereocenters. The average Bonchev–Trinajstić information content (AvgIpc) is 3.19. The van der Waals surface area contributed by atoms with Gasteiger partial charge in [0.1, 0.15) is 6.10 Å². The molecule has 1 aliphatic rings. The third-order valence-corrected chi connectivity index (χ3v) is 6.19. The zero-order chi connectivity index (χ0) is 23.3. The summed E-state index contributed by atoms with van der Waals surface area (Å²) >= 11 is 0. The first-order valence-electron chi connectivity index (χ1n) is 10.9. The van der Waals surface area contributed by atoms with E-state index in [-0.39, 0.29) is 11.3 Å². The van der Waals surface area contributed by atoms with Gasteiger partial charge in [-0.1, -0.05) is 36.4 Å². The standard InChI is InChI=1S/C25H25N3O5/c1-4-32-18-14-16(10-11-17(18)29)23-22-21-19(24(30)27(3)25(31)26(21)2)20(28(22)12-13-33-23)15-8-6-5-7-9-15/h5-11,14,23,29H,4,12-13H2,1-3H3. The third-order valence-electron chi connectivity index (χ3n) is 6.19. The number of benzene rings is 2. The van der Waals surface area contributed by atoms with E-state index in [0.717, 1.165) is 27.1 Å². The van der Waals surface area contributed by atoms with Crippen molar-refractivity contribution in [1.82, 2.24) is 13.7 Å². The third kappa shape index (κ3) is 3.17. The monoisotopic (exact) mass is 447 g/mol. The smallest absolute Gasteiger partial charge is 0.331 e. The number of phenolic OH excluding ortho intramolecular Hbond substituents is 1. The van der Waals surface area contributed by atoms with Gasteiger partial charge in [-0.05, 0) is 30.2 Å². The zero-order valence-corrected chi connectivity index (χ0v) is 18.7. The van der Waals surface area contributed by atoms with Crippen molar-refractivity contribution in [1.29, 1.82) is 0 Å². The highest BCUT2D eigenvalue weighted by atomic mass is 16.5. The van der Waals surface area contributed by atoms with Gasteiger partial charge in [0, 0.05) is 20.6 Å². The number of phenols is 1. The highest BCUT2D eigenvalue weighted by Gasteiger charge is 2.33. The maximum Gasteiger partial charge on any atom is 0.331 e. The Morgan fingerprint density at radius 2 is 1.85 bits per heavy atom. The molecular weight excluding hydrogens is 422 g/mol. The summed E-state index contributed by atoms with van der Waals surface area (Å²) in [6, 6.07) is 14.8.